The zero-order valence-corrected chi connectivity index (χ0v) is 16.4. The van der Waals surface area contributed by atoms with Crippen molar-refractivity contribution in [2.24, 2.45) is 0 Å². The van der Waals surface area contributed by atoms with E-state index in [0.717, 1.165) is 0 Å². The van der Waals surface area contributed by atoms with Gasteiger partial charge >= 0.3 is 12.1 Å². The number of alkyl halides is 5. The van der Waals surface area contributed by atoms with E-state index in [4.69, 9.17) is 5.73 Å². The molecule has 3 aromatic heterocycles. The van der Waals surface area contributed by atoms with Gasteiger partial charge < -0.3 is 15.5 Å². The third kappa shape index (κ3) is 3.26. The van der Waals surface area contributed by atoms with Gasteiger partial charge in [0.25, 0.3) is 0 Å². The number of amides is 1. The summed E-state index contributed by atoms with van der Waals surface area (Å²) >= 11 is 0. The van der Waals surface area contributed by atoms with Crippen molar-refractivity contribution in [3.8, 4) is 11.5 Å². The summed E-state index contributed by atoms with van der Waals surface area (Å²) in [5, 5.41) is 2.63. The number of nitrogens with two attached hydrogens (primary N) is 1. The average molecular weight is 440 g/mol. The molecule has 1 aliphatic heterocycles. The highest BCUT2D eigenvalue weighted by molar-refractivity contribution is 6.06. The number of rotatable bonds is 4. The Hall–Kier alpha value is -3.31. The second-order valence-corrected chi connectivity index (χ2v) is 7.77. The SMILES string of the molecule is CC1(C)C(=O)Nc2nc(-c3nc(CCC(F)(F)C(F)(F)F)n4ccccc34)nc(N)c21. The fourth-order valence-corrected chi connectivity index (χ4v) is 3.52. The molecule has 0 spiro atoms. The predicted molar refractivity (Wildman–Crippen MR) is 102 cm³/mol. The molecule has 31 heavy (non-hydrogen) atoms. The van der Waals surface area contributed by atoms with Crippen LogP contribution in [0.2, 0.25) is 0 Å². The van der Waals surface area contributed by atoms with Gasteiger partial charge in [0, 0.05) is 19.0 Å². The van der Waals surface area contributed by atoms with Crippen LogP contribution in [0.15, 0.2) is 24.4 Å². The van der Waals surface area contributed by atoms with Crippen molar-refractivity contribution < 1.29 is 26.7 Å². The van der Waals surface area contributed by atoms with Gasteiger partial charge in [0.2, 0.25) is 5.91 Å². The van der Waals surface area contributed by atoms with E-state index in [2.05, 4.69) is 20.3 Å². The minimum atomic E-state index is -5.65. The monoisotopic (exact) mass is 440 g/mol. The van der Waals surface area contributed by atoms with Gasteiger partial charge in [-0.05, 0) is 26.0 Å². The van der Waals surface area contributed by atoms with E-state index in [0.29, 0.717) is 11.1 Å². The van der Waals surface area contributed by atoms with Gasteiger partial charge in [-0.3, -0.25) is 4.79 Å². The number of pyridine rings is 1. The Morgan fingerprint density at radius 2 is 1.84 bits per heavy atom. The summed E-state index contributed by atoms with van der Waals surface area (Å²) in [6.07, 6.45) is -6.25. The van der Waals surface area contributed by atoms with Gasteiger partial charge in [0.15, 0.2) is 5.82 Å². The standard InChI is InChI=1S/C19H17F5N6O/c1-17(2)11-13(25)27-15(28-14(11)29-16(17)31)12-9-5-3-4-8-30(9)10(26-12)6-7-18(20,21)19(22,23)24/h3-5,8H,6-7H2,1-2H3,(H3,25,27,28,29,31). The van der Waals surface area contributed by atoms with Crippen molar-refractivity contribution in [3.05, 3.63) is 35.8 Å². The Balaban J connectivity index is 1.78. The van der Waals surface area contributed by atoms with E-state index in [1.165, 1.54) is 10.6 Å². The number of nitrogens with one attached hydrogen (secondary N) is 1. The highest BCUT2D eigenvalue weighted by Gasteiger charge is 2.56. The van der Waals surface area contributed by atoms with Gasteiger partial charge in [0.05, 0.1) is 16.5 Å². The molecule has 4 heterocycles. The van der Waals surface area contributed by atoms with E-state index < -0.39 is 30.4 Å². The summed E-state index contributed by atoms with van der Waals surface area (Å²) in [4.78, 5) is 25.0. The van der Waals surface area contributed by atoms with E-state index >= 15 is 0 Å². The van der Waals surface area contributed by atoms with Gasteiger partial charge in [0.1, 0.15) is 23.2 Å². The first-order valence-corrected chi connectivity index (χ1v) is 9.23. The lowest BCUT2D eigenvalue weighted by Gasteiger charge is -2.18. The van der Waals surface area contributed by atoms with Crippen molar-refractivity contribution in [3.63, 3.8) is 0 Å². The third-order valence-corrected chi connectivity index (χ3v) is 5.27. The number of imidazole rings is 1. The molecule has 0 aliphatic carbocycles. The van der Waals surface area contributed by atoms with Crippen LogP contribution in [0.5, 0.6) is 0 Å². The van der Waals surface area contributed by atoms with Crippen LogP contribution >= 0.6 is 0 Å². The molecule has 1 amide bonds. The maximum atomic E-state index is 13.4. The number of carbonyl (C=O) groups excluding carboxylic acids is 1. The molecule has 0 atom stereocenters. The van der Waals surface area contributed by atoms with E-state index in [-0.39, 0.29) is 34.9 Å². The second kappa shape index (κ2) is 6.59. The molecule has 7 nitrogen and oxygen atoms in total. The molecular formula is C19H17F5N6O. The summed E-state index contributed by atoms with van der Waals surface area (Å²) < 4.78 is 65.9. The minimum Gasteiger partial charge on any atom is -0.383 e. The van der Waals surface area contributed by atoms with Crippen LogP contribution in [0.4, 0.5) is 33.6 Å². The molecular weight excluding hydrogens is 423 g/mol. The number of nitrogens with zero attached hydrogens (tertiary/aromatic N) is 4. The summed E-state index contributed by atoms with van der Waals surface area (Å²) in [5.41, 5.74) is 6.10. The van der Waals surface area contributed by atoms with Crippen LogP contribution in [-0.2, 0) is 16.6 Å². The van der Waals surface area contributed by atoms with E-state index in [1.54, 1.807) is 32.0 Å². The van der Waals surface area contributed by atoms with E-state index in [1.807, 2.05) is 0 Å². The number of carbonyl (C=O) groups is 1. The highest BCUT2D eigenvalue weighted by Crippen LogP contribution is 2.41. The normalized spacial score (nSPS) is 15.9. The number of hydrogen-bond donors (Lipinski definition) is 2. The van der Waals surface area contributed by atoms with Crippen LogP contribution in [0, 0.1) is 0 Å². The number of anilines is 2. The van der Waals surface area contributed by atoms with E-state index in [9.17, 15) is 26.7 Å². The molecule has 1 aliphatic rings. The average Bonchev–Trinajstić information content (AvgIpc) is 3.14. The Bertz CT molecular complexity index is 1200. The van der Waals surface area contributed by atoms with Crippen LogP contribution in [0.3, 0.4) is 0 Å². The molecule has 0 radical (unpaired) electrons. The molecule has 164 valence electrons. The molecule has 0 saturated carbocycles. The minimum absolute atomic E-state index is 0.0124. The summed E-state index contributed by atoms with van der Waals surface area (Å²) in [7, 11) is 0. The molecule has 0 aromatic carbocycles. The number of fused-ring (bicyclic) bond motifs is 2. The van der Waals surface area contributed by atoms with Crippen LogP contribution in [0.1, 0.15) is 31.7 Å². The van der Waals surface area contributed by atoms with Crippen LogP contribution in [-0.4, -0.2) is 37.4 Å². The molecule has 0 unspecified atom stereocenters. The summed E-state index contributed by atoms with van der Waals surface area (Å²) in [5.74, 6) is -4.90. The third-order valence-electron chi connectivity index (χ3n) is 5.27. The fourth-order valence-electron chi connectivity index (χ4n) is 3.52. The van der Waals surface area contributed by atoms with Gasteiger partial charge in [-0.1, -0.05) is 6.07 Å². The smallest absolute Gasteiger partial charge is 0.383 e. The van der Waals surface area contributed by atoms with Crippen LogP contribution < -0.4 is 11.1 Å². The Labute approximate surface area is 172 Å². The largest absolute Gasteiger partial charge is 0.453 e. The number of halogens is 5. The van der Waals surface area contributed by atoms with Crippen molar-refractivity contribution in [1.82, 2.24) is 19.4 Å². The molecule has 3 aromatic rings. The molecule has 0 bridgehead atoms. The number of aromatic nitrogens is 4. The maximum Gasteiger partial charge on any atom is 0.453 e. The first kappa shape index (κ1) is 20.9. The molecule has 4 rings (SSSR count). The van der Waals surface area contributed by atoms with Gasteiger partial charge in [-0.15, -0.1) is 0 Å². The Kier molecular flexibility index (Phi) is 4.45. The zero-order chi connectivity index (χ0) is 22.8. The first-order chi connectivity index (χ1) is 14.3. The molecule has 0 fully saturated rings. The number of hydrogen-bond acceptors (Lipinski definition) is 5. The quantitative estimate of drug-likeness (QED) is 0.603. The van der Waals surface area contributed by atoms with Gasteiger partial charge in [-0.2, -0.15) is 22.0 Å². The highest BCUT2D eigenvalue weighted by atomic mass is 19.4. The zero-order valence-electron chi connectivity index (χ0n) is 16.4. The number of nitrogen functional groups attached to an aromatic ring is 1. The molecule has 3 N–H and O–H groups in total. The Morgan fingerprint density at radius 1 is 1.13 bits per heavy atom. The van der Waals surface area contributed by atoms with Crippen molar-refractivity contribution in [1.29, 1.82) is 0 Å². The van der Waals surface area contributed by atoms with Crippen molar-refractivity contribution in [2.75, 3.05) is 11.1 Å². The van der Waals surface area contributed by atoms with Gasteiger partial charge in [-0.25, -0.2) is 15.0 Å². The van der Waals surface area contributed by atoms with Crippen molar-refractivity contribution >= 4 is 23.1 Å². The second-order valence-electron chi connectivity index (χ2n) is 7.77. The van der Waals surface area contributed by atoms with Crippen LogP contribution in [0.25, 0.3) is 17.0 Å². The fraction of sp³-hybridized carbons (Fsp3) is 0.368. The first-order valence-electron chi connectivity index (χ1n) is 9.23. The summed E-state index contributed by atoms with van der Waals surface area (Å²) in [6.45, 7) is 3.33. The number of aryl methyl sites for hydroxylation is 1. The lowest BCUT2D eigenvalue weighted by Crippen LogP contribution is -2.36. The predicted octanol–water partition coefficient (Wildman–Crippen LogP) is 3.73. The van der Waals surface area contributed by atoms with Crippen molar-refractivity contribution in [2.45, 2.75) is 44.2 Å². The Morgan fingerprint density at radius 3 is 2.52 bits per heavy atom. The molecule has 12 heteroatoms. The lowest BCUT2D eigenvalue weighted by atomic mass is 9.87. The maximum absolute atomic E-state index is 13.4. The molecule has 0 saturated heterocycles. The summed E-state index contributed by atoms with van der Waals surface area (Å²) in [6, 6.07) is 4.84. The lowest BCUT2D eigenvalue weighted by molar-refractivity contribution is -0.284. The topological polar surface area (TPSA) is 98.2 Å².